The highest BCUT2D eigenvalue weighted by molar-refractivity contribution is 8.00. The zero-order valence-electron chi connectivity index (χ0n) is 17.9. The lowest BCUT2D eigenvalue weighted by Gasteiger charge is -2.15. The summed E-state index contributed by atoms with van der Waals surface area (Å²) in [5.41, 5.74) is 5.56. The van der Waals surface area contributed by atoms with E-state index in [1.807, 2.05) is 97.1 Å². The monoisotopic (exact) mass is 446 g/mol. The van der Waals surface area contributed by atoms with Gasteiger partial charge in [0.15, 0.2) is 10.9 Å². The highest BCUT2D eigenvalue weighted by Crippen LogP contribution is 2.40. The maximum absolute atomic E-state index is 13.5. The van der Waals surface area contributed by atoms with E-state index in [4.69, 9.17) is 4.98 Å². The van der Waals surface area contributed by atoms with Crippen molar-refractivity contribution in [2.75, 3.05) is 0 Å². The number of hydrogen-bond donors (Lipinski definition) is 1. The molecular weight excluding hydrogens is 424 g/mol. The van der Waals surface area contributed by atoms with Gasteiger partial charge in [0.2, 0.25) is 0 Å². The number of Topliss-reactive ketones (excluding diaryl/α,β-unsaturated/α-hetero) is 1. The first-order chi connectivity index (χ1) is 16.3. The Morgan fingerprint density at radius 1 is 0.667 bits per heavy atom. The van der Waals surface area contributed by atoms with Gasteiger partial charge in [-0.1, -0.05) is 133 Å². The van der Waals surface area contributed by atoms with E-state index >= 15 is 0 Å². The van der Waals surface area contributed by atoms with Crippen LogP contribution in [0.5, 0.6) is 0 Å². The second kappa shape index (κ2) is 9.72. The van der Waals surface area contributed by atoms with E-state index in [-0.39, 0.29) is 5.78 Å². The summed E-state index contributed by atoms with van der Waals surface area (Å²) in [5.74, 6) is 0.0609. The van der Waals surface area contributed by atoms with Crippen LogP contribution in [0.25, 0.3) is 22.5 Å². The zero-order valence-corrected chi connectivity index (χ0v) is 18.7. The third-order valence-corrected chi connectivity index (χ3v) is 6.56. The van der Waals surface area contributed by atoms with Crippen molar-refractivity contribution < 1.29 is 4.79 Å². The second-order valence-electron chi connectivity index (χ2n) is 7.64. The smallest absolute Gasteiger partial charge is 0.180 e. The van der Waals surface area contributed by atoms with Crippen molar-refractivity contribution in [2.24, 2.45) is 0 Å². The molecule has 1 unspecified atom stereocenters. The van der Waals surface area contributed by atoms with Gasteiger partial charge in [-0.2, -0.15) is 0 Å². The molecule has 4 heteroatoms. The van der Waals surface area contributed by atoms with Crippen LogP contribution in [0.1, 0.15) is 21.2 Å². The number of carbonyl (C=O) groups is 1. The van der Waals surface area contributed by atoms with Crippen LogP contribution < -0.4 is 0 Å². The van der Waals surface area contributed by atoms with Crippen LogP contribution in [-0.2, 0) is 0 Å². The van der Waals surface area contributed by atoms with Gasteiger partial charge in [-0.3, -0.25) is 4.79 Å². The van der Waals surface area contributed by atoms with Gasteiger partial charge in [0.25, 0.3) is 0 Å². The first kappa shape index (κ1) is 21.0. The summed E-state index contributed by atoms with van der Waals surface area (Å²) in [6.45, 7) is 0. The number of aromatic amines is 1. The van der Waals surface area contributed by atoms with Crippen molar-refractivity contribution in [2.45, 2.75) is 10.4 Å². The molecule has 160 valence electrons. The summed E-state index contributed by atoms with van der Waals surface area (Å²) >= 11 is 1.45. The molecule has 33 heavy (non-hydrogen) atoms. The molecule has 0 aliphatic carbocycles. The third-order valence-electron chi connectivity index (χ3n) is 5.42. The number of benzene rings is 4. The van der Waals surface area contributed by atoms with Gasteiger partial charge in [-0.25, -0.2) is 4.98 Å². The van der Waals surface area contributed by atoms with Crippen molar-refractivity contribution in [3.05, 3.63) is 132 Å². The van der Waals surface area contributed by atoms with Crippen molar-refractivity contribution in [1.29, 1.82) is 0 Å². The summed E-state index contributed by atoms with van der Waals surface area (Å²) in [6, 6.07) is 39.6. The molecule has 0 aliphatic heterocycles. The molecule has 0 amide bonds. The molecule has 5 rings (SSSR count). The minimum absolute atomic E-state index is 0.0609. The van der Waals surface area contributed by atoms with E-state index in [0.29, 0.717) is 10.7 Å². The largest absolute Gasteiger partial charge is 0.332 e. The standard InChI is InChI=1S/C29H22N2OS/c32-27(23-17-9-3-10-18-23)28(24-19-11-4-12-20-24)33-29-30-25(21-13-5-1-6-14-21)26(31-29)22-15-7-2-8-16-22/h1-20,28H,(H,30,31). The van der Waals surface area contributed by atoms with Crippen molar-refractivity contribution >= 4 is 17.5 Å². The van der Waals surface area contributed by atoms with E-state index in [2.05, 4.69) is 29.2 Å². The minimum atomic E-state index is -0.410. The molecule has 1 N–H and O–H groups in total. The number of ketones is 1. The predicted octanol–water partition coefficient (Wildman–Crippen LogP) is 7.46. The van der Waals surface area contributed by atoms with Gasteiger partial charge in [0, 0.05) is 16.7 Å². The van der Waals surface area contributed by atoms with Crippen molar-refractivity contribution in [3.63, 3.8) is 0 Å². The quantitative estimate of drug-likeness (QED) is 0.208. The average Bonchev–Trinajstić information content (AvgIpc) is 3.33. The highest BCUT2D eigenvalue weighted by Gasteiger charge is 2.26. The molecule has 1 aromatic heterocycles. The van der Waals surface area contributed by atoms with Crippen LogP contribution >= 0.6 is 11.8 Å². The van der Waals surface area contributed by atoms with Crippen molar-refractivity contribution in [3.8, 4) is 22.5 Å². The molecule has 0 aliphatic rings. The SMILES string of the molecule is O=C(c1ccccc1)C(Sc1nc(-c2ccccc2)c(-c2ccccc2)[nH]1)c1ccccc1. The van der Waals surface area contributed by atoms with Gasteiger partial charge in [0.05, 0.1) is 11.4 Å². The van der Waals surface area contributed by atoms with E-state index in [1.54, 1.807) is 0 Å². The molecular formula is C29H22N2OS. The molecule has 1 atom stereocenters. The fourth-order valence-corrected chi connectivity index (χ4v) is 4.86. The first-order valence-corrected chi connectivity index (χ1v) is 11.7. The minimum Gasteiger partial charge on any atom is -0.332 e. The fourth-order valence-electron chi connectivity index (χ4n) is 3.79. The maximum Gasteiger partial charge on any atom is 0.180 e. The molecule has 0 bridgehead atoms. The molecule has 1 heterocycles. The third kappa shape index (κ3) is 4.66. The normalized spacial score (nSPS) is 11.8. The van der Waals surface area contributed by atoms with Crippen molar-refractivity contribution in [1.82, 2.24) is 9.97 Å². The van der Waals surface area contributed by atoms with Gasteiger partial charge >= 0.3 is 0 Å². The Balaban J connectivity index is 1.57. The van der Waals surface area contributed by atoms with Gasteiger partial charge in [-0.05, 0) is 5.56 Å². The predicted molar refractivity (Wildman–Crippen MR) is 135 cm³/mol. The van der Waals surface area contributed by atoms with Gasteiger partial charge < -0.3 is 4.98 Å². The van der Waals surface area contributed by atoms with Crippen LogP contribution in [0.2, 0.25) is 0 Å². The number of thioether (sulfide) groups is 1. The maximum atomic E-state index is 13.5. The molecule has 0 spiro atoms. The lowest BCUT2D eigenvalue weighted by Crippen LogP contribution is -2.10. The number of nitrogens with one attached hydrogen (secondary N) is 1. The number of rotatable bonds is 7. The average molecular weight is 447 g/mol. The van der Waals surface area contributed by atoms with Crippen LogP contribution in [0.3, 0.4) is 0 Å². The summed E-state index contributed by atoms with van der Waals surface area (Å²) in [6.07, 6.45) is 0. The second-order valence-corrected chi connectivity index (χ2v) is 8.73. The summed E-state index contributed by atoms with van der Waals surface area (Å²) in [4.78, 5) is 22.0. The Morgan fingerprint density at radius 3 is 1.79 bits per heavy atom. The Bertz CT molecular complexity index is 1280. The first-order valence-electron chi connectivity index (χ1n) is 10.8. The van der Waals surface area contributed by atoms with Crippen LogP contribution in [0, 0.1) is 0 Å². The fraction of sp³-hybridized carbons (Fsp3) is 0.0345. The Hall–Kier alpha value is -3.89. The number of H-pyrrole nitrogens is 1. The zero-order chi connectivity index (χ0) is 22.5. The molecule has 0 saturated carbocycles. The molecule has 5 aromatic rings. The van der Waals surface area contributed by atoms with Gasteiger partial charge in [0.1, 0.15) is 5.25 Å². The molecule has 0 fully saturated rings. The summed E-state index contributed by atoms with van der Waals surface area (Å²) in [5, 5.41) is 0.304. The van der Waals surface area contributed by atoms with Crippen LogP contribution in [0.15, 0.2) is 126 Å². The topological polar surface area (TPSA) is 45.8 Å². The summed E-state index contributed by atoms with van der Waals surface area (Å²) in [7, 11) is 0. The van der Waals surface area contributed by atoms with E-state index in [1.165, 1.54) is 11.8 Å². The molecule has 0 radical (unpaired) electrons. The van der Waals surface area contributed by atoms with E-state index < -0.39 is 5.25 Å². The lowest BCUT2D eigenvalue weighted by molar-refractivity contribution is 0.0989. The number of aromatic nitrogens is 2. The van der Waals surface area contributed by atoms with E-state index in [9.17, 15) is 4.79 Å². The number of imidazole rings is 1. The number of hydrogen-bond acceptors (Lipinski definition) is 3. The Morgan fingerprint density at radius 2 is 1.18 bits per heavy atom. The Kier molecular flexibility index (Phi) is 6.18. The number of carbonyl (C=O) groups excluding carboxylic acids is 1. The summed E-state index contributed by atoms with van der Waals surface area (Å²) < 4.78 is 0. The Labute approximate surface area is 197 Å². The molecule has 0 saturated heterocycles. The highest BCUT2D eigenvalue weighted by atomic mass is 32.2. The van der Waals surface area contributed by atoms with Gasteiger partial charge in [-0.15, -0.1) is 0 Å². The number of nitrogens with zero attached hydrogens (tertiary/aromatic N) is 1. The lowest BCUT2D eigenvalue weighted by atomic mass is 10.0. The van der Waals surface area contributed by atoms with E-state index in [0.717, 1.165) is 28.1 Å². The molecule has 4 aromatic carbocycles. The molecule has 3 nitrogen and oxygen atoms in total. The van der Waals surface area contributed by atoms with Crippen LogP contribution in [0.4, 0.5) is 0 Å². The van der Waals surface area contributed by atoms with Crippen LogP contribution in [-0.4, -0.2) is 15.8 Å².